The Bertz CT molecular complexity index is 752. The molecule has 23 heavy (non-hydrogen) atoms. The standard InChI is InChI=1S/C18H23N3O2/c1-12-4-3-5-14(8-12)9-17-19-16-6-7-21(10-13(2)22)11-15(16)18(23)20-17/h3-5,8,13,22H,6-7,9-11H2,1-2H3,(H,19,20,23). The number of benzene rings is 1. The summed E-state index contributed by atoms with van der Waals surface area (Å²) >= 11 is 0. The summed E-state index contributed by atoms with van der Waals surface area (Å²) in [6, 6.07) is 8.25. The molecule has 0 amide bonds. The number of aromatic amines is 1. The van der Waals surface area contributed by atoms with Gasteiger partial charge in [-0.1, -0.05) is 29.8 Å². The van der Waals surface area contributed by atoms with Crippen molar-refractivity contribution in [2.45, 2.75) is 39.3 Å². The first-order chi connectivity index (χ1) is 11.0. The van der Waals surface area contributed by atoms with Crippen molar-refractivity contribution >= 4 is 0 Å². The van der Waals surface area contributed by atoms with Gasteiger partial charge in [0.1, 0.15) is 5.82 Å². The predicted octanol–water partition coefficient (Wildman–Crippen LogP) is 1.41. The first kappa shape index (κ1) is 15.9. The Morgan fingerprint density at radius 3 is 3.00 bits per heavy atom. The summed E-state index contributed by atoms with van der Waals surface area (Å²) in [5, 5.41) is 9.51. The van der Waals surface area contributed by atoms with Crippen LogP contribution in [0.5, 0.6) is 0 Å². The number of aliphatic hydroxyl groups excluding tert-OH is 1. The van der Waals surface area contributed by atoms with Gasteiger partial charge < -0.3 is 10.1 Å². The van der Waals surface area contributed by atoms with Gasteiger partial charge in [0.25, 0.3) is 5.56 Å². The van der Waals surface area contributed by atoms with E-state index in [0.717, 1.165) is 35.6 Å². The van der Waals surface area contributed by atoms with Crippen LogP contribution in [0.1, 0.15) is 35.1 Å². The lowest BCUT2D eigenvalue weighted by Gasteiger charge is -2.28. The van der Waals surface area contributed by atoms with Crippen LogP contribution in [0.2, 0.25) is 0 Å². The lowest BCUT2D eigenvalue weighted by molar-refractivity contribution is 0.118. The Kier molecular flexibility index (Phi) is 4.59. The summed E-state index contributed by atoms with van der Waals surface area (Å²) in [6.45, 7) is 5.81. The zero-order valence-electron chi connectivity index (χ0n) is 13.7. The van der Waals surface area contributed by atoms with E-state index in [9.17, 15) is 9.90 Å². The van der Waals surface area contributed by atoms with Crippen LogP contribution in [0.4, 0.5) is 0 Å². The Morgan fingerprint density at radius 1 is 1.43 bits per heavy atom. The highest BCUT2D eigenvalue weighted by molar-refractivity contribution is 5.27. The molecule has 2 heterocycles. The van der Waals surface area contributed by atoms with Crippen molar-refractivity contribution in [3.05, 3.63) is 62.8 Å². The molecule has 0 saturated heterocycles. The molecule has 2 aromatic rings. The summed E-state index contributed by atoms with van der Waals surface area (Å²) in [5.41, 5.74) is 3.95. The van der Waals surface area contributed by atoms with Crippen molar-refractivity contribution in [2.24, 2.45) is 0 Å². The van der Waals surface area contributed by atoms with Crippen LogP contribution in [0.25, 0.3) is 0 Å². The Morgan fingerprint density at radius 2 is 2.26 bits per heavy atom. The fourth-order valence-electron chi connectivity index (χ4n) is 3.16. The summed E-state index contributed by atoms with van der Waals surface area (Å²) < 4.78 is 0. The third-order valence-corrected chi connectivity index (χ3v) is 4.17. The van der Waals surface area contributed by atoms with E-state index in [-0.39, 0.29) is 11.7 Å². The van der Waals surface area contributed by atoms with Gasteiger partial charge in [-0.05, 0) is 19.4 Å². The number of β-amino-alcohol motifs (C(OH)–C–C–N with tert-alkyl or cyclic N) is 1. The van der Waals surface area contributed by atoms with Crippen LogP contribution in [-0.4, -0.2) is 39.2 Å². The number of hydrogen-bond acceptors (Lipinski definition) is 4. The SMILES string of the molecule is Cc1cccc(Cc2nc3c(c(=O)[nH]2)CN(CC(C)O)CC3)c1. The van der Waals surface area contributed by atoms with Crippen molar-refractivity contribution < 1.29 is 5.11 Å². The van der Waals surface area contributed by atoms with E-state index in [4.69, 9.17) is 0 Å². The molecule has 0 bridgehead atoms. The molecular weight excluding hydrogens is 290 g/mol. The zero-order valence-corrected chi connectivity index (χ0v) is 13.7. The van der Waals surface area contributed by atoms with Gasteiger partial charge >= 0.3 is 0 Å². The van der Waals surface area contributed by atoms with E-state index >= 15 is 0 Å². The molecule has 0 saturated carbocycles. The average Bonchev–Trinajstić information content (AvgIpc) is 2.47. The smallest absolute Gasteiger partial charge is 0.255 e. The topological polar surface area (TPSA) is 69.2 Å². The molecule has 5 nitrogen and oxygen atoms in total. The summed E-state index contributed by atoms with van der Waals surface area (Å²) in [4.78, 5) is 22.1. The number of nitrogens with zero attached hydrogens (tertiary/aromatic N) is 2. The van der Waals surface area contributed by atoms with E-state index in [1.807, 2.05) is 6.07 Å². The second-order valence-corrected chi connectivity index (χ2v) is 6.44. The van der Waals surface area contributed by atoms with E-state index in [1.165, 1.54) is 5.56 Å². The van der Waals surface area contributed by atoms with Crippen LogP contribution in [0.15, 0.2) is 29.1 Å². The maximum Gasteiger partial charge on any atom is 0.255 e. The molecule has 1 aromatic heterocycles. The third kappa shape index (κ3) is 3.86. The number of aromatic nitrogens is 2. The van der Waals surface area contributed by atoms with Gasteiger partial charge in [-0.2, -0.15) is 0 Å². The second-order valence-electron chi connectivity index (χ2n) is 6.44. The summed E-state index contributed by atoms with van der Waals surface area (Å²) in [5.74, 6) is 0.725. The van der Waals surface area contributed by atoms with Gasteiger partial charge in [-0.3, -0.25) is 9.69 Å². The van der Waals surface area contributed by atoms with Crippen LogP contribution in [0, 0.1) is 6.92 Å². The van der Waals surface area contributed by atoms with Crippen molar-refractivity contribution in [3.8, 4) is 0 Å². The molecule has 2 N–H and O–H groups in total. The van der Waals surface area contributed by atoms with Gasteiger partial charge in [-0.25, -0.2) is 4.98 Å². The molecule has 1 unspecified atom stereocenters. The molecule has 1 aliphatic rings. The fourth-order valence-corrected chi connectivity index (χ4v) is 3.16. The highest BCUT2D eigenvalue weighted by atomic mass is 16.3. The van der Waals surface area contributed by atoms with Crippen LogP contribution < -0.4 is 5.56 Å². The van der Waals surface area contributed by atoms with E-state index < -0.39 is 0 Å². The molecule has 5 heteroatoms. The minimum Gasteiger partial charge on any atom is -0.392 e. The highest BCUT2D eigenvalue weighted by Gasteiger charge is 2.21. The number of H-pyrrole nitrogens is 1. The number of aryl methyl sites for hydroxylation is 1. The number of fused-ring (bicyclic) bond motifs is 1. The van der Waals surface area contributed by atoms with Gasteiger partial charge in [-0.15, -0.1) is 0 Å². The normalized spacial score (nSPS) is 16.1. The zero-order chi connectivity index (χ0) is 16.4. The van der Waals surface area contributed by atoms with E-state index in [1.54, 1.807) is 6.92 Å². The molecule has 0 radical (unpaired) electrons. The third-order valence-electron chi connectivity index (χ3n) is 4.17. The summed E-state index contributed by atoms with van der Waals surface area (Å²) in [6.07, 6.45) is 1.01. The molecule has 3 rings (SSSR count). The Labute approximate surface area is 136 Å². The molecule has 1 atom stereocenters. The minimum absolute atomic E-state index is 0.0482. The maximum absolute atomic E-state index is 12.4. The molecule has 122 valence electrons. The first-order valence-electron chi connectivity index (χ1n) is 8.08. The van der Waals surface area contributed by atoms with Crippen molar-refractivity contribution in [2.75, 3.05) is 13.1 Å². The Balaban J connectivity index is 1.82. The van der Waals surface area contributed by atoms with Crippen LogP contribution >= 0.6 is 0 Å². The lowest BCUT2D eigenvalue weighted by atomic mass is 10.1. The van der Waals surface area contributed by atoms with Crippen LogP contribution in [-0.2, 0) is 19.4 Å². The number of hydrogen-bond donors (Lipinski definition) is 2. The van der Waals surface area contributed by atoms with Crippen molar-refractivity contribution in [1.29, 1.82) is 0 Å². The van der Waals surface area contributed by atoms with E-state index in [0.29, 0.717) is 19.5 Å². The quantitative estimate of drug-likeness (QED) is 0.895. The molecule has 1 aliphatic heterocycles. The number of nitrogens with one attached hydrogen (secondary N) is 1. The molecule has 0 spiro atoms. The molecule has 0 aliphatic carbocycles. The average molecular weight is 313 g/mol. The Hall–Kier alpha value is -1.98. The largest absolute Gasteiger partial charge is 0.392 e. The maximum atomic E-state index is 12.4. The summed E-state index contributed by atoms with van der Waals surface area (Å²) in [7, 11) is 0. The van der Waals surface area contributed by atoms with Crippen molar-refractivity contribution in [3.63, 3.8) is 0 Å². The van der Waals surface area contributed by atoms with Crippen molar-refractivity contribution in [1.82, 2.24) is 14.9 Å². The number of rotatable bonds is 4. The number of aliphatic hydroxyl groups is 1. The molecule has 0 fully saturated rings. The lowest BCUT2D eigenvalue weighted by Crippen LogP contribution is -2.39. The predicted molar refractivity (Wildman–Crippen MR) is 89.5 cm³/mol. The highest BCUT2D eigenvalue weighted by Crippen LogP contribution is 2.15. The monoisotopic (exact) mass is 313 g/mol. The van der Waals surface area contributed by atoms with Gasteiger partial charge in [0.15, 0.2) is 0 Å². The molecular formula is C18H23N3O2. The minimum atomic E-state index is -0.385. The van der Waals surface area contributed by atoms with E-state index in [2.05, 4.69) is 40.0 Å². The van der Waals surface area contributed by atoms with Gasteiger partial charge in [0, 0.05) is 32.5 Å². The van der Waals surface area contributed by atoms with Gasteiger partial charge in [0.2, 0.25) is 0 Å². The fraction of sp³-hybridized carbons (Fsp3) is 0.444. The van der Waals surface area contributed by atoms with Gasteiger partial charge in [0.05, 0.1) is 17.4 Å². The second kappa shape index (κ2) is 6.64. The molecule has 1 aromatic carbocycles. The first-order valence-corrected chi connectivity index (χ1v) is 8.08. The van der Waals surface area contributed by atoms with Crippen LogP contribution in [0.3, 0.4) is 0 Å².